The molecule has 0 bridgehead atoms. The van der Waals surface area contributed by atoms with E-state index in [1.54, 1.807) is 0 Å². The minimum absolute atomic E-state index is 0.360. The lowest BCUT2D eigenvalue weighted by Gasteiger charge is -2.27. The van der Waals surface area contributed by atoms with Crippen LogP contribution < -0.4 is 5.32 Å². The largest absolute Gasteiger partial charge is 0.394 e. The number of carbonyl (C=O) groups excluding carboxylic acids is 1. The summed E-state index contributed by atoms with van der Waals surface area (Å²) in [4.78, 5) is 12.6. The van der Waals surface area contributed by atoms with Gasteiger partial charge in [0.15, 0.2) is 0 Å². The number of hydrogen-bond acceptors (Lipinski definition) is 5. The molecule has 0 aromatic carbocycles. The van der Waals surface area contributed by atoms with Crippen molar-refractivity contribution in [2.45, 2.75) is 346 Å². The van der Waals surface area contributed by atoms with Crippen LogP contribution in [0.1, 0.15) is 322 Å². The average molecular weight is 985 g/mol. The summed E-state index contributed by atoms with van der Waals surface area (Å²) < 4.78 is 0. The molecule has 0 aliphatic carbocycles. The monoisotopic (exact) mass is 984 g/mol. The normalized spacial score (nSPS) is 14.0. The Morgan fingerprint density at radius 3 is 0.900 bits per heavy atom. The SMILES string of the molecule is CCCCCCC/C=C/CC/C=C/CC/C=C/CCCC(O)C(O)C(CO)NC(=O)C(O)CCCCCCCCCCCCCCCCCC/C=C\CCCCCCCCCCCCCCCCCC. The van der Waals surface area contributed by atoms with E-state index in [9.17, 15) is 25.2 Å². The van der Waals surface area contributed by atoms with Crippen molar-refractivity contribution in [3.05, 3.63) is 48.6 Å². The van der Waals surface area contributed by atoms with E-state index < -0.39 is 36.9 Å². The standard InChI is InChI=1S/C64H121NO5/c1-3-5-7-9-11-13-15-17-19-21-23-24-25-26-27-28-29-30-31-32-33-34-35-36-37-38-39-40-42-44-46-48-50-52-54-56-58-62(68)64(70)65-60(59-66)63(69)61(67)57-55-53-51-49-47-45-43-41-22-20-18-16-14-12-10-8-6-4-2/h16,18,30-31,41,43,49,51,60-63,66-69H,3-15,17,19-29,32-40,42,44-48,50,52-59H2,1-2H3,(H,65,70)/b18-16+,31-30-,43-41+,51-49+. The van der Waals surface area contributed by atoms with Gasteiger partial charge < -0.3 is 25.7 Å². The van der Waals surface area contributed by atoms with Crippen LogP contribution in [-0.4, -0.2) is 57.3 Å². The Hall–Kier alpha value is -1.73. The van der Waals surface area contributed by atoms with E-state index in [0.29, 0.717) is 19.3 Å². The zero-order valence-electron chi connectivity index (χ0n) is 46.8. The van der Waals surface area contributed by atoms with Crippen molar-refractivity contribution in [1.82, 2.24) is 5.32 Å². The Morgan fingerprint density at radius 1 is 0.343 bits per heavy atom. The molecule has 412 valence electrons. The van der Waals surface area contributed by atoms with Crippen molar-refractivity contribution in [2.75, 3.05) is 6.61 Å². The predicted molar refractivity (Wildman–Crippen MR) is 307 cm³/mol. The highest BCUT2D eigenvalue weighted by atomic mass is 16.3. The molecule has 0 saturated carbocycles. The van der Waals surface area contributed by atoms with Crippen molar-refractivity contribution in [3.8, 4) is 0 Å². The van der Waals surface area contributed by atoms with Crippen molar-refractivity contribution in [3.63, 3.8) is 0 Å². The number of hydrogen-bond donors (Lipinski definition) is 5. The third-order valence-electron chi connectivity index (χ3n) is 14.5. The van der Waals surface area contributed by atoms with Crippen LogP contribution in [0.5, 0.6) is 0 Å². The molecule has 0 aromatic rings. The molecule has 70 heavy (non-hydrogen) atoms. The molecule has 1 amide bonds. The molecule has 5 N–H and O–H groups in total. The summed E-state index contributed by atoms with van der Waals surface area (Å²) in [7, 11) is 0. The van der Waals surface area contributed by atoms with Gasteiger partial charge in [-0.25, -0.2) is 0 Å². The summed E-state index contributed by atoms with van der Waals surface area (Å²) in [5, 5.41) is 44.0. The van der Waals surface area contributed by atoms with Crippen molar-refractivity contribution in [1.29, 1.82) is 0 Å². The van der Waals surface area contributed by atoms with Crippen LogP contribution in [0.4, 0.5) is 0 Å². The second kappa shape index (κ2) is 58.2. The molecule has 0 fully saturated rings. The van der Waals surface area contributed by atoms with Crippen LogP contribution in [-0.2, 0) is 4.79 Å². The smallest absolute Gasteiger partial charge is 0.249 e. The van der Waals surface area contributed by atoms with Crippen LogP contribution in [0.3, 0.4) is 0 Å². The Kier molecular flexibility index (Phi) is 56.7. The first-order valence-corrected chi connectivity index (χ1v) is 31.0. The lowest BCUT2D eigenvalue weighted by atomic mass is 10.00. The maximum absolute atomic E-state index is 12.6. The average Bonchev–Trinajstić information content (AvgIpc) is 3.36. The van der Waals surface area contributed by atoms with Crippen LogP contribution >= 0.6 is 0 Å². The number of unbranched alkanes of at least 4 members (excludes halogenated alkanes) is 40. The van der Waals surface area contributed by atoms with Gasteiger partial charge >= 0.3 is 0 Å². The van der Waals surface area contributed by atoms with Gasteiger partial charge in [-0.15, -0.1) is 0 Å². The highest BCUT2D eigenvalue weighted by Gasteiger charge is 2.28. The molecule has 0 aromatic heterocycles. The van der Waals surface area contributed by atoms with Crippen molar-refractivity contribution in [2.24, 2.45) is 0 Å². The fraction of sp³-hybridized carbons (Fsp3) is 0.859. The van der Waals surface area contributed by atoms with E-state index in [-0.39, 0.29) is 0 Å². The molecule has 4 unspecified atom stereocenters. The number of allylic oxidation sites excluding steroid dienone is 8. The van der Waals surface area contributed by atoms with Gasteiger partial charge in [0.1, 0.15) is 12.2 Å². The first kappa shape index (κ1) is 68.3. The Morgan fingerprint density at radius 2 is 0.600 bits per heavy atom. The minimum Gasteiger partial charge on any atom is -0.394 e. The first-order valence-electron chi connectivity index (χ1n) is 31.0. The molecule has 0 aliphatic heterocycles. The zero-order valence-corrected chi connectivity index (χ0v) is 46.8. The van der Waals surface area contributed by atoms with Gasteiger partial charge in [-0.05, 0) is 89.9 Å². The summed E-state index contributed by atoms with van der Waals surface area (Å²) in [6, 6.07) is -1.01. The number of rotatable bonds is 57. The Balaban J connectivity index is 3.58. The van der Waals surface area contributed by atoms with Gasteiger partial charge in [-0.3, -0.25) is 4.79 Å². The molecule has 0 aliphatic rings. The van der Waals surface area contributed by atoms with Gasteiger partial charge in [-0.1, -0.05) is 281 Å². The quantitative estimate of drug-likeness (QED) is 0.0308. The molecular formula is C64H121NO5. The van der Waals surface area contributed by atoms with Crippen LogP contribution in [0.15, 0.2) is 48.6 Å². The molecule has 0 radical (unpaired) electrons. The van der Waals surface area contributed by atoms with Gasteiger partial charge in [0.25, 0.3) is 0 Å². The molecule has 0 rings (SSSR count). The summed E-state index contributed by atoms with van der Waals surface area (Å²) in [5.41, 5.74) is 0. The minimum atomic E-state index is -1.29. The van der Waals surface area contributed by atoms with Gasteiger partial charge in [0, 0.05) is 0 Å². The molecule has 0 saturated heterocycles. The molecule has 0 heterocycles. The zero-order chi connectivity index (χ0) is 50.9. The lowest BCUT2D eigenvalue weighted by molar-refractivity contribution is -0.132. The van der Waals surface area contributed by atoms with Crippen LogP contribution in [0.25, 0.3) is 0 Å². The summed E-state index contributed by atoms with van der Waals surface area (Å²) in [6.45, 7) is 4.05. The van der Waals surface area contributed by atoms with E-state index in [1.807, 2.05) is 0 Å². The number of carbonyl (C=O) groups is 1. The lowest BCUT2D eigenvalue weighted by Crippen LogP contribution is -2.53. The Labute approximate surface area is 436 Å². The van der Waals surface area contributed by atoms with Gasteiger partial charge in [0.05, 0.1) is 18.8 Å². The number of aliphatic hydroxyl groups excluding tert-OH is 4. The molecular weight excluding hydrogens is 863 g/mol. The summed E-state index contributed by atoms with van der Waals surface area (Å²) in [6.07, 6.45) is 75.0. The number of amides is 1. The molecule has 6 nitrogen and oxygen atoms in total. The van der Waals surface area contributed by atoms with E-state index in [1.165, 1.54) is 238 Å². The predicted octanol–water partition coefficient (Wildman–Crippen LogP) is 18.5. The van der Waals surface area contributed by atoms with E-state index in [0.717, 1.165) is 51.4 Å². The topological polar surface area (TPSA) is 110 Å². The van der Waals surface area contributed by atoms with Crippen LogP contribution in [0, 0.1) is 0 Å². The first-order chi connectivity index (χ1) is 34.5. The highest BCUT2D eigenvalue weighted by molar-refractivity contribution is 5.80. The van der Waals surface area contributed by atoms with Gasteiger partial charge in [0.2, 0.25) is 5.91 Å². The number of nitrogens with one attached hydrogen (secondary N) is 1. The van der Waals surface area contributed by atoms with Crippen LogP contribution in [0.2, 0.25) is 0 Å². The maximum Gasteiger partial charge on any atom is 0.249 e. The third kappa shape index (κ3) is 51.2. The molecule has 0 spiro atoms. The maximum atomic E-state index is 12.6. The second-order valence-electron chi connectivity index (χ2n) is 21.4. The van der Waals surface area contributed by atoms with Crippen molar-refractivity contribution >= 4 is 5.91 Å². The van der Waals surface area contributed by atoms with E-state index in [4.69, 9.17) is 0 Å². The second-order valence-corrected chi connectivity index (χ2v) is 21.4. The number of aliphatic hydroxyl groups is 4. The van der Waals surface area contributed by atoms with Gasteiger partial charge in [-0.2, -0.15) is 0 Å². The third-order valence-corrected chi connectivity index (χ3v) is 14.5. The van der Waals surface area contributed by atoms with E-state index in [2.05, 4.69) is 67.8 Å². The van der Waals surface area contributed by atoms with E-state index >= 15 is 0 Å². The Bertz CT molecular complexity index is 1150. The summed E-state index contributed by atoms with van der Waals surface area (Å²) >= 11 is 0. The van der Waals surface area contributed by atoms with Crippen molar-refractivity contribution < 1.29 is 25.2 Å². The molecule has 6 heteroatoms. The fourth-order valence-electron chi connectivity index (χ4n) is 9.61. The fourth-order valence-corrected chi connectivity index (χ4v) is 9.61. The summed E-state index contributed by atoms with van der Waals surface area (Å²) in [5.74, 6) is -0.596. The molecule has 4 atom stereocenters. The highest BCUT2D eigenvalue weighted by Crippen LogP contribution is 2.18.